The van der Waals surface area contributed by atoms with E-state index in [2.05, 4.69) is 10.6 Å². The Morgan fingerprint density at radius 2 is 2.00 bits per heavy atom. The van der Waals surface area contributed by atoms with Gasteiger partial charge in [-0.25, -0.2) is 4.39 Å². The van der Waals surface area contributed by atoms with Gasteiger partial charge in [0.1, 0.15) is 5.82 Å². The van der Waals surface area contributed by atoms with E-state index in [1.54, 1.807) is 19.2 Å². The van der Waals surface area contributed by atoms with Gasteiger partial charge in [-0.2, -0.15) is 0 Å². The Hall–Kier alpha value is -1.21. The molecule has 0 spiro atoms. The zero-order chi connectivity index (χ0) is 16.7. The zero-order valence-corrected chi connectivity index (χ0v) is 15.0. The summed E-state index contributed by atoms with van der Waals surface area (Å²) in [6.07, 6.45) is 1.51. The third-order valence-electron chi connectivity index (χ3n) is 4.33. The van der Waals surface area contributed by atoms with Gasteiger partial charge in [0.25, 0.3) is 0 Å². The van der Waals surface area contributed by atoms with Gasteiger partial charge in [0.05, 0.1) is 18.6 Å². The first kappa shape index (κ1) is 20.8. The van der Waals surface area contributed by atoms with Gasteiger partial charge in [0.15, 0.2) is 0 Å². The first-order valence-electron chi connectivity index (χ1n) is 7.85. The van der Waals surface area contributed by atoms with Crippen molar-refractivity contribution in [1.82, 2.24) is 10.6 Å². The van der Waals surface area contributed by atoms with Crippen molar-refractivity contribution >= 4 is 18.3 Å². The van der Waals surface area contributed by atoms with Gasteiger partial charge in [-0.3, -0.25) is 4.79 Å². The highest BCUT2D eigenvalue weighted by molar-refractivity contribution is 5.85. The molecule has 1 aromatic carbocycles. The Bertz CT molecular complexity index is 531. The molecular weight excluding hydrogens is 335 g/mol. The average molecular weight is 361 g/mol. The monoisotopic (exact) mass is 360 g/mol. The predicted octanol–water partition coefficient (Wildman–Crippen LogP) is 2.03. The largest absolute Gasteiger partial charge is 0.384 e. The van der Waals surface area contributed by atoms with E-state index in [0.29, 0.717) is 18.7 Å². The number of hydrogen-bond donors (Lipinski definition) is 2. The maximum Gasteiger partial charge on any atom is 0.228 e. The number of hydrogen-bond acceptors (Lipinski definition) is 4. The summed E-state index contributed by atoms with van der Waals surface area (Å²) in [7, 11) is 3.15. The minimum absolute atomic E-state index is 0. The summed E-state index contributed by atoms with van der Waals surface area (Å²) in [5.74, 6) is -0.297. The van der Waals surface area contributed by atoms with Crippen molar-refractivity contribution in [2.24, 2.45) is 5.41 Å². The molecule has 0 aliphatic carbocycles. The molecule has 2 rings (SSSR count). The molecule has 1 saturated heterocycles. The van der Waals surface area contributed by atoms with Gasteiger partial charge in [0.2, 0.25) is 5.91 Å². The lowest BCUT2D eigenvalue weighted by Gasteiger charge is -2.35. The molecule has 0 unspecified atom stereocenters. The number of carbonyl (C=O) groups is 1. The third kappa shape index (κ3) is 5.14. The van der Waals surface area contributed by atoms with Crippen molar-refractivity contribution in [3.63, 3.8) is 0 Å². The van der Waals surface area contributed by atoms with Crippen LogP contribution in [-0.4, -0.2) is 39.8 Å². The summed E-state index contributed by atoms with van der Waals surface area (Å²) in [6.45, 7) is 2.62. The van der Waals surface area contributed by atoms with E-state index >= 15 is 0 Å². The maximum atomic E-state index is 13.6. The Labute approximate surface area is 148 Å². The summed E-state index contributed by atoms with van der Waals surface area (Å²) < 4.78 is 23.9. The molecule has 0 bridgehead atoms. The van der Waals surface area contributed by atoms with E-state index in [1.165, 1.54) is 13.2 Å². The van der Waals surface area contributed by atoms with Crippen molar-refractivity contribution in [3.05, 3.63) is 35.1 Å². The second-order valence-electron chi connectivity index (χ2n) is 6.00. The van der Waals surface area contributed by atoms with Crippen LogP contribution < -0.4 is 10.6 Å². The summed E-state index contributed by atoms with van der Waals surface area (Å²) >= 11 is 0. The van der Waals surface area contributed by atoms with Gasteiger partial charge < -0.3 is 20.1 Å². The van der Waals surface area contributed by atoms with E-state index in [1.807, 2.05) is 0 Å². The molecule has 1 amide bonds. The fraction of sp³-hybridized carbons (Fsp3) is 0.588. The maximum absolute atomic E-state index is 13.6. The standard InChI is InChI=1S/C17H25FN2O3.ClH/c1-22-11-14-9-13(3-4-15(14)18)10-20-16(21)17(12-23-2)5-7-19-8-6-17;/h3-4,9,19H,5-8,10-12H2,1-2H3,(H,20,21);1H. The second kappa shape index (κ2) is 9.93. The molecule has 136 valence electrons. The number of rotatable bonds is 7. The first-order valence-corrected chi connectivity index (χ1v) is 7.85. The van der Waals surface area contributed by atoms with E-state index < -0.39 is 5.41 Å². The Balaban J connectivity index is 0.00000288. The Morgan fingerprint density at radius 1 is 1.29 bits per heavy atom. The molecule has 0 saturated carbocycles. The first-order chi connectivity index (χ1) is 11.1. The molecule has 1 heterocycles. The number of piperidine rings is 1. The number of carbonyl (C=O) groups excluding carboxylic acids is 1. The highest BCUT2D eigenvalue weighted by Crippen LogP contribution is 2.29. The lowest BCUT2D eigenvalue weighted by Crippen LogP contribution is -2.49. The summed E-state index contributed by atoms with van der Waals surface area (Å²) in [6, 6.07) is 4.82. The third-order valence-corrected chi connectivity index (χ3v) is 4.33. The molecule has 1 aliphatic heterocycles. The van der Waals surface area contributed by atoms with Crippen LogP contribution >= 0.6 is 12.4 Å². The molecule has 7 heteroatoms. The molecule has 1 aromatic rings. The Morgan fingerprint density at radius 3 is 2.62 bits per heavy atom. The van der Waals surface area contributed by atoms with E-state index in [4.69, 9.17) is 9.47 Å². The minimum Gasteiger partial charge on any atom is -0.384 e. The van der Waals surface area contributed by atoms with E-state index in [0.717, 1.165) is 31.5 Å². The van der Waals surface area contributed by atoms with Crippen molar-refractivity contribution in [3.8, 4) is 0 Å². The van der Waals surface area contributed by atoms with Crippen molar-refractivity contribution in [1.29, 1.82) is 0 Å². The number of halogens is 2. The van der Waals surface area contributed by atoms with E-state index in [9.17, 15) is 9.18 Å². The molecule has 0 radical (unpaired) electrons. The number of amides is 1. The molecule has 0 atom stereocenters. The Kier molecular flexibility index (Phi) is 8.62. The molecule has 0 aromatic heterocycles. The van der Waals surface area contributed by atoms with Gasteiger partial charge >= 0.3 is 0 Å². The van der Waals surface area contributed by atoms with E-state index in [-0.39, 0.29) is 30.7 Å². The van der Waals surface area contributed by atoms with Crippen molar-refractivity contribution < 1.29 is 18.7 Å². The smallest absolute Gasteiger partial charge is 0.228 e. The summed E-state index contributed by atoms with van der Waals surface area (Å²) in [4.78, 5) is 12.6. The van der Waals surface area contributed by atoms with Gasteiger partial charge in [-0.15, -0.1) is 12.4 Å². The van der Waals surface area contributed by atoms with Crippen LogP contribution in [0.15, 0.2) is 18.2 Å². The van der Waals surface area contributed by atoms with Crippen LogP contribution in [0.2, 0.25) is 0 Å². The van der Waals surface area contributed by atoms with Crippen LogP contribution in [0.1, 0.15) is 24.0 Å². The SMILES string of the molecule is COCc1cc(CNC(=O)C2(COC)CCNCC2)ccc1F.Cl. The minimum atomic E-state index is -0.477. The van der Waals surface area contributed by atoms with Crippen LogP contribution in [0, 0.1) is 11.2 Å². The van der Waals surface area contributed by atoms with Crippen molar-refractivity contribution in [2.45, 2.75) is 26.0 Å². The zero-order valence-electron chi connectivity index (χ0n) is 14.2. The summed E-state index contributed by atoms with van der Waals surface area (Å²) in [5.41, 5.74) is 0.871. The number of nitrogens with one attached hydrogen (secondary N) is 2. The fourth-order valence-corrected chi connectivity index (χ4v) is 2.99. The molecule has 5 nitrogen and oxygen atoms in total. The highest BCUT2D eigenvalue weighted by atomic mass is 35.5. The second-order valence-corrected chi connectivity index (χ2v) is 6.00. The summed E-state index contributed by atoms with van der Waals surface area (Å²) in [5, 5.41) is 6.24. The quantitative estimate of drug-likeness (QED) is 0.781. The topological polar surface area (TPSA) is 59.6 Å². The predicted molar refractivity (Wildman–Crippen MR) is 92.6 cm³/mol. The molecule has 24 heavy (non-hydrogen) atoms. The average Bonchev–Trinajstić information content (AvgIpc) is 2.56. The molecule has 1 fully saturated rings. The lowest BCUT2D eigenvalue weighted by atomic mass is 9.78. The van der Waals surface area contributed by atoms with Crippen LogP contribution in [0.25, 0.3) is 0 Å². The van der Waals surface area contributed by atoms with Gasteiger partial charge in [-0.1, -0.05) is 6.07 Å². The van der Waals surface area contributed by atoms with Crippen molar-refractivity contribution in [2.75, 3.05) is 33.9 Å². The highest BCUT2D eigenvalue weighted by Gasteiger charge is 2.39. The normalized spacial score (nSPS) is 16.3. The fourth-order valence-electron chi connectivity index (χ4n) is 2.99. The number of ether oxygens (including phenoxy) is 2. The van der Waals surface area contributed by atoms with Crippen LogP contribution in [0.5, 0.6) is 0 Å². The van der Waals surface area contributed by atoms with Crippen LogP contribution in [0.3, 0.4) is 0 Å². The van der Waals surface area contributed by atoms with Crippen LogP contribution in [-0.2, 0) is 27.4 Å². The number of methoxy groups -OCH3 is 2. The lowest BCUT2D eigenvalue weighted by molar-refractivity contribution is -0.136. The molecule has 1 aliphatic rings. The van der Waals surface area contributed by atoms with Gasteiger partial charge in [0, 0.05) is 26.3 Å². The molecular formula is C17H26ClFN2O3. The number of benzene rings is 1. The molecule has 2 N–H and O–H groups in total. The van der Waals surface area contributed by atoms with Crippen LogP contribution in [0.4, 0.5) is 4.39 Å². The van der Waals surface area contributed by atoms with Gasteiger partial charge in [-0.05, 0) is 43.6 Å².